The minimum Gasteiger partial charge on any atom is -0.496 e. The number of rotatable bonds is 7. The monoisotopic (exact) mass is 410 g/mol. The Bertz CT molecular complexity index is 900. The van der Waals surface area contributed by atoms with E-state index in [-0.39, 0.29) is 6.04 Å². The molecule has 6 nitrogen and oxygen atoms in total. The minimum atomic E-state index is -3.68. The van der Waals surface area contributed by atoms with Gasteiger partial charge in [-0.2, -0.15) is 0 Å². The number of amides is 1. The topological polar surface area (TPSA) is 75.7 Å². The lowest BCUT2D eigenvalue weighted by atomic mass is 10.1. The van der Waals surface area contributed by atoms with Gasteiger partial charge in [0.25, 0.3) is 0 Å². The molecule has 0 saturated heterocycles. The van der Waals surface area contributed by atoms with Crippen molar-refractivity contribution in [3.63, 3.8) is 0 Å². The predicted octanol–water partition coefficient (Wildman–Crippen LogP) is 3.38. The Morgan fingerprint density at radius 2 is 1.70 bits per heavy atom. The van der Waals surface area contributed by atoms with Crippen LogP contribution >= 0.6 is 11.6 Å². The molecule has 8 heteroatoms. The van der Waals surface area contributed by atoms with Crippen molar-refractivity contribution in [2.75, 3.05) is 17.7 Å². The average molecular weight is 411 g/mol. The largest absolute Gasteiger partial charge is 0.496 e. The summed E-state index contributed by atoms with van der Waals surface area (Å²) in [6.07, 6.45) is 1.06. The van der Waals surface area contributed by atoms with Gasteiger partial charge in [0, 0.05) is 10.6 Å². The molecule has 0 heterocycles. The van der Waals surface area contributed by atoms with Gasteiger partial charge in [-0.3, -0.25) is 9.10 Å². The molecule has 146 valence electrons. The number of halogens is 1. The zero-order valence-corrected chi connectivity index (χ0v) is 17.2. The number of carbonyl (C=O) groups excluding carboxylic acids is 1. The molecular weight excluding hydrogens is 388 g/mol. The molecule has 0 aliphatic rings. The van der Waals surface area contributed by atoms with E-state index in [1.54, 1.807) is 44.4 Å². The number of carbonyl (C=O) groups is 1. The third kappa shape index (κ3) is 5.14. The fraction of sp³-hybridized carbons (Fsp3) is 0.316. The number of sulfonamides is 1. The number of benzene rings is 2. The van der Waals surface area contributed by atoms with Gasteiger partial charge in [0.05, 0.1) is 25.1 Å². The molecule has 0 aliphatic heterocycles. The van der Waals surface area contributed by atoms with Crippen molar-refractivity contribution >= 4 is 33.2 Å². The lowest BCUT2D eigenvalue weighted by Crippen LogP contribution is -2.48. The predicted molar refractivity (Wildman–Crippen MR) is 108 cm³/mol. The summed E-state index contributed by atoms with van der Waals surface area (Å²) >= 11 is 5.88. The maximum Gasteiger partial charge on any atom is 0.244 e. The number of ether oxygens (including phenoxy) is 1. The molecule has 0 saturated carbocycles. The van der Waals surface area contributed by atoms with Crippen LogP contribution in [0.1, 0.15) is 25.5 Å². The summed E-state index contributed by atoms with van der Waals surface area (Å²) in [4.78, 5) is 12.8. The second kappa shape index (κ2) is 8.63. The zero-order valence-electron chi connectivity index (χ0n) is 15.6. The van der Waals surface area contributed by atoms with E-state index >= 15 is 0 Å². The van der Waals surface area contributed by atoms with E-state index in [0.717, 1.165) is 16.1 Å². The Balaban J connectivity index is 2.26. The van der Waals surface area contributed by atoms with Crippen LogP contribution in [-0.2, 0) is 14.8 Å². The highest BCUT2D eigenvalue weighted by Crippen LogP contribution is 2.26. The second-order valence-electron chi connectivity index (χ2n) is 6.18. The van der Waals surface area contributed by atoms with E-state index in [9.17, 15) is 13.2 Å². The van der Waals surface area contributed by atoms with Crippen LogP contribution in [0.4, 0.5) is 5.69 Å². The summed E-state index contributed by atoms with van der Waals surface area (Å²) in [5, 5.41) is 3.33. The first kappa shape index (κ1) is 21.1. The third-order valence-electron chi connectivity index (χ3n) is 4.13. The van der Waals surface area contributed by atoms with Gasteiger partial charge in [-0.15, -0.1) is 0 Å². The molecule has 2 atom stereocenters. The molecule has 2 aromatic carbocycles. The molecule has 1 N–H and O–H groups in total. The van der Waals surface area contributed by atoms with Crippen molar-refractivity contribution in [1.82, 2.24) is 5.32 Å². The molecule has 2 unspecified atom stereocenters. The van der Waals surface area contributed by atoms with Gasteiger partial charge < -0.3 is 10.1 Å². The van der Waals surface area contributed by atoms with Crippen molar-refractivity contribution in [2.45, 2.75) is 25.9 Å². The highest BCUT2D eigenvalue weighted by atomic mass is 35.5. The normalized spacial score (nSPS) is 13.5. The number of nitrogens with one attached hydrogen (secondary N) is 1. The van der Waals surface area contributed by atoms with Gasteiger partial charge in [-0.25, -0.2) is 8.42 Å². The second-order valence-corrected chi connectivity index (χ2v) is 8.48. The standard InChI is InChI=1S/C19H23ClN2O4S/c1-13(17-7-5-6-8-18(17)26-3)21-19(23)14(2)22(27(4,24)25)16-11-9-15(20)10-12-16/h5-14H,1-4H3,(H,21,23). The van der Waals surface area contributed by atoms with Crippen LogP contribution in [0, 0.1) is 0 Å². The Kier molecular flexibility index (Phi) is 6.73. The molecule has 0 radical (unpaired) electrons. The van der Waals surface area contributed by atoms with E-state index in [4.69, 9.17) is 16.3 Å². The summed E-state index contributed by atoms with van der Waals surface area (Å²) < 4.78 is 31.0. The van der Waals surface area contributed by atoms with E-state index in [2.05, 4.69) is 5.32 Å². The number of hydrogen-bond acceptors (Lipinski definition) is 4. The number of hydrogen-bond donors (Lipinski definition) is 1. The lowest BCUT2D eigenvalue weighted by molar-refractivity contribution is -0.122. The van der Waals surface area contributed by atoms with Gasteiger partial charge in [0.2, 0.25) is 15.9 Å². The van der Waals surface area contributed by atoms with Gasteiger partial charge in [-0.1, -0.05) is 29.8 Å². The molecular formula is C19H23ClN2O4S. The SMILES string of the molecule is COc1ccccc1C(C)NC(=O)C(C)N(c1ccc(Cl)cc1)S(C)(=O)=O. The lowest BCUT2D eigenvalue weighted by Gasteiger charge is -2.29. The number of anilines is 1. The van der Waals surface area contributed by atoms with E-state index in [1.165, 1.54) is 0 Å². The van der Waals surface area contributed by atoms with Crippen LogP contribution in [-0.4, -0.2) is 33.7 Å². The quantitative estimate of drug-likeness (QED) is 0.759. The number of methoxy groups -OCH3 is 1. The van der Waals surface area contributed by atoms with Crippen LogP contribution in [0.5, 0.6) is 5.75 Å². The Hall–Kier alpha value is -2.25. The van der Waals surface area contributed by atoms with Crippen LogP contribution in [0.2, 0.25) is 5.02 Å². The fourth-order valence-electron chi connectivity index (χ4n) is 2.83. The van der Waals surface area contributed by atoms with Crippen molar-refractivity contribution in [3.8, 4) is 5.75 Å². The third-order valence-corrected chi connectivity index (χ3v) is 5.63. The van der Waals surface area contributed by atoms with Crippen molar-refractivity contribution < 1.29 is 17.9 Å². The van der Waals surface area contributed by atoms with Gasteiger partial charge >= 0.3 is 0 Å². The summed E-state index contributed by atoms with van der Waals surface area (Å²) in [6.45, 7) is 3.36. The highest BCUT2D eigenvalue weighted by molar-refractivity contribution is 7.92. The fourth-order valence-corrected chi connectivity index (χ4v) is 4.13. The van der Waals surface area contributed by atoms with E-state index in [0.29, 0.717) is 16.5 Å². The zero-order chi connectivity index (χ0) is 20.2. The van der Waals surface area contributed by atoms with Gasteiger partial charge in [-0.05, 0) is 44.2 Å². The summed E-state index contributed by atoms with van der Waals surface area (Å²) in [6, 6.07) is 12.3. The first-order chi connectivity index (χ1) is 12.6. The molecule has 0 bridgehead atoms. The molecule has 0 aromatic heterocycles. The van der Waals surface area contributed by atoms with Crippen molar-refractivity contribution in [1.29, 1.82) is 0 Å². The van der Waals surface area contributed by atoms with Crippen LogP contribution < -0.4 is 14.4 Å². The Morgan fingerprint density at radius 1 is 1.11 bits per heavy atom. The van der Waals surface area contributed by atoms with Crippen molar-refractivity contribution in [3.05, 3.63) is 59.1 Å². The number of para-hydroxylation sites is 1. The first-order valence-corrected chi connectivity index (χ1v) is 10.6. The van der Waals surface area contributed by atoms with Crippen LogP contribution in [0.25, 0.3) is 0 Å². The molecule has 0 fully saturated rings. The minimum absolute atomic E-state index is 0.359. The average Bonchev–Trinajstić information content (AvgIpc) is 2.62. The van der Waals surface area contributed by atoms with Crippen LogP contribution in [0.3, 0.4) is 0 Å². The summed E-state index contributed by atoms with van der Waals surface area (Å²) in [7, 11) is -2.13. The maximum atomic E-state index is 12.8. The van der Waals surface area contributed by atoms with Crippen molar-refractivity contribution in [2.24, 2.45) is 0 Å². The molecule has 27 heavy (non-hydrogen) atoms. The van der Waals surface area contributed by atoms with Gasteiger partial charge in [0.1, 0.15) is 11.8 Å². The Labute approximate surface area is 165 Å². The summed E-state index contributed by atoms with van der Waals surface area (Å²) in [5.41, 5.74) is 1.17. The van der Waals surface area contributed by atoms with E-state index in [1.807, 2.05) is 25.1 Å². The van der Waals surface area contributed by atoms with Gasteiger partial charge in [0.15, 0.2) is 0 Å². The highest BCUT2D eigenvalue weighted by Gasteiger charge is 2.30. The number of nitrogens with zero attached hydrogens (tertiary/aromatic N) is 1. The molecule has 2 aromatic rings. The molecule has 2 rings (SSSR count). The van der Waals surface area contributed by atoms with E-state index < -0.39 is 22.0 Å². The van der Waals surface area contributed by atoms with Crippen LogP contribution in [0.15, 0.2) is 48.5 Å². The summed E-state index contributed by atoms with van der Waals surface area (Å²) in [5.74, 6) is 0.226. The molecule has 1 amide bonds. The molecule has 0 aliphatic carbocycles. The Morgan fingerprint density at radius 3 is 2.26 bits per heavy atom. The molecule has 0 spiro atoms. The maximum absolute atomic E-state index is 12.8. The smallest absolute Gasteiger partial charge is 0.244 e. The first-order valence-electron chi connectivity index (χ1n) is 8.33.